The monoisotopic (exact) mass is 515 g/mol. The van der Waals surface area contributed by atoms with Crippen molar-refractivity contribution >= 4 is 34.5 Å². The van der Waals surface area contributed by atoms with E-state index in [2.05, 4.69) is 9.97 Å². The number of thioether (sulfide) groups is 1. The number of benzene rings is 2. The number of fused-ring (bicyclic) bond motifs is 1. The second-order valence-electron chi connectivity index (χ2n) is 9.90. The van der Waals surface area contributed by atoms with Gasteiger partial charge in [-0.3, -0.25) is 14.7 Å². The molecule has 1 N–H and O–H groups in total. The maximum absolute atomic E-state index is 13.9. The number of ether oxygens (including phenoxy) is 2. The van der Waals surface area contributed by atoms with Gasteiger partial charge in [0.2, 0.25) is 0 Å². The first-order valence-electron chi connectivity index (χ1n) is 12.2. The van der Waals surface area contributed by atoms with Crippen molar-refractivity contribution in [2.75, 3.05) is 5.75 Å². The number of aromatic nitrogens is 2. The fourth-order valence-corrected chi connectivity index (χ4v) is 5.79. The smallest absolute Gasteiger partial charge is 0.412 e. The summed E-state index contributed by atoms with van der Waals surface area (Å²) >= 11 is 1.54. The predicted octanol–water partition coefficient (Wildman–Crippen LogP) is 6.38. The number of nitrogens with zero attached hydrogens (tertiary/aromatic N) is 2. The number of carbonyl (C=O) groups excluding carboxylic acids is 2. The van der Waals surface area contributed by atoms with E-state index in [4.69, 9.17) is 9.47 Å². The Labute approximate surface area is 220 Å². The molecule has 2 unspecified atom stereocenters. The van der Waals surface area contributed by atoms with Gasteiger partial charge in [0, 0.05) is 40.9 Å². The van der Waals surface area contributed by atoms with Crippen LogP contribution in [0.5, 0.6) is 5.75 Å². The van der Waals surface area contributed by atoms with Crippen LogP contribution >= 0.6 is 11.8 Å². The van der Waals surface area contributed by atoms with E-state index in [9.17, 15) is 9.59 Å². The van der Waals surface area contributed by atoms with E-state index in [-0.39, 0.29) is 11.2 Å². The lowest BCUT2D eigenvalue weighted by Gasteiger charge is -2.31. The molecule has 1 amide bonds. The van der Waals surface area contributed by atoms with E-state index >= 15 is 0 Å². The second kappa shape index (κ2) is 10.3. The molecule has 1 aliphatic rings. The molecule has 1 saturated heterocycles. The minimum absolute atomic E-state index is 0.142. The molecule has 1 aliphatic heterocycles. The van der Waals surface area contributed by atoms with E-state index < -0.39 is 17.7 Å². The molecule has 2 aromatic carbocycles. The number of hydrogen-bond acceptors (Lipinski definition) is 6. The van der Waals surface area contributed by atoms with Gasteiger partial charge in [0.1, 0.15) is 29.4 Å². The molecule has 0 spiro atoms. The zero-order valence-electron chi connectivity index (χ0n) is 21.0. The third-order valence-corrected chi connectivity index (χ3v) is 7.38. The van der Waals surface area contributed by atoms with Crippen molar-refractivity contribution in [3.05, 3.63) is 95.9 Å². The summed E-state index contributed by atoms with van der Waals surface area (Å²) in [6.45, 7) is 5.88. The van der Waals surface area contributed by atoms with Crippen LogP contribution in [0, 0.1) is 0 Å². The minimum atomic E-state index is -0.691. The molecule has 0 radical (unpaired) electrons. The van der Waals surface area contributed by atoms with E-state index in [1.165, 1.54) is 11.8 Å². The molecule has 2 aromatic heterocycles. The number of pyridine rings is 1. The summed E-state index contributed by atoms with van der Waals surface area (Å²) in [5, 5.41) is 0.391. The lowest BCUT2D eigenvalue weighted by Crippen LogP contribution is -2.45. The van der Waals surface area contributed by atoms with E-state index in [1.54, 1.807) is 23.5 Å². The van der Waals surface area contributed by atoms with Gasteiger partial charge in [-0.05, 0) is 38.5 Å². The van der Waals surface area contributed by atoms with Crippen LogP contribution in [0.2, 0.25) is 0 Å². The first-order chi connectivity index (χ1) is 17.8. The van der Waals surface area contributed by atoms with Crippen molar-refractivity contribution in [1.82, 2.24) is 14.9 Å². The molecule has 37 heavy (non-hydrogen) atoms. The Bertz CT molecular complexity index is 1400. The summed E-state index contributed by atoms with van der Waals surface area (Å²) in [6, 6.07) is 18.6. The Balaban J connectivity index is 1.44. The topological polar surface area (TPSA) is 84.5 Å². The highest BCUT2D eigenvalue weighted by Gasteiger charge is 2.45. The SMILES string of the molecule is CC(C)(C)OC(=O)N1C(C(=O)c2c[nH]c3c(OCc4ccccc4)cccc23)CSC1c1cccnc1. The number of hydrogen-bond donors (Lipinski definition) is 1. The molecule has 1 fully saturated rings. The van der Waals surface area contributed by atoms with Crippen LogP contribution in [-0.4, -0.2) is 44.1 Å². The Morgan fingerprint density at radius 3 is 2.62 bits per heavy atom. The molecule has 190 valence electrons. The lowest BCUT2D eigenvalue weighted by molar-refractivity contribution is 0.0173. The highest BCUT2D eigenvalue weighted by molar-refractivity contribution is 7.99. The number of aromatic amines is 1. The number of amides is 1. The van der Waals surface area contributed by atoms with Gasteiger partial charge in [0.15, 0.2) is 5.78 Å². The van der Waals surface area contributed by atoms with Gasteiger partial charge in [0.05, 0.1) is 5.52 Å². The zero-order chi connectivity index (χ0) is 26.0. The highest BCUT2D eigenvalue weighted by Crippen LogP contribution is 2.43. The third-order valence-electron chi connectivity index (χ3n) is 6.06. The Kier molecular flexibility index (Phi) is 6.93. The van der Waals surface area contributed by atoms with Crippen molar-refractivity contribution in [1.29, 1.82) is 0 Å². The number of carbonyl (C=O) groups is 2. The average Bonchev–Trinajstić information content (AvgIpc) is 3.53. The van der Waals surface area contributed by atoms with E-state index in [0.29, 0.717) is 23.7 Å². The largest absolute Gasteiger partial charge is 0.487 e. The molecule has 0 saturated carbocycles. The standard InChI is InChI=1S/C29H29N3O4S/c1-29(2,3)36-28(34)32-23(18-37-27(32)20-11-8-14-30-15-20)26(33)22-16-31-25-21(22)12-7-13-24(25)35-17-19-9-5-4-6-10-19/h4-16,23,27,31H,17-18H2,1-3H3. The fourth-order valence-electron chi connectivity index (χ4n) is 4.39. The van der Waals surface area contributed by atoms with Crippen molar-refractivity contribution < 1.29 is 19.1 Å². The summed E-state index contributed by atoms with van der Waals surface area (Å²) in [7, 11) is 0. The summed E-state index contributed by atoms with van der Waals surface area (Å²) in [6.07, 6.45) is 4.60. The summed E-state index contributed by atoms with van der Waals surface area (Å²) < 4.78 is 11.8. The number of nitrogens with one attached hydrogen (secondary N) is 1. The van der Waals surface area contributed by atoms with E-state index in [1.807, 2.05) is 81.4 Å². The van der Waals surface area contributed by atoms with E-state index in [0.717, 1.165) is 22.0 Å². The van der Waals surface area contributed by atoms with Crippen molar-refractivity contribution in [2.45, 2.75) is 44.4 Å². The van der Waals surface area contributed by atoms with Crippen LogP contribution in [0.3, 0.4) is 0 Å². The number of Topliss-reactive ketones (excluding diaryl/α,β-unsaturated/α-hetero) is 1. The Morgan fingerprint density at radius 1 is 1.08 bits per heavy atom. The third kappa shape index (κ3) is 5.34. The summed E-state index contributed by atoms with van der Waals surface area (Å²) in [4.78, 5) is 36.3. The van der Waals surface area contributed by atoms with Gasteiger partial charge >= 0.3 is 6.09 Å². The minimum Gasteiger partial charge on any atom is -0.487 e. The molecular formula is C29H29N3O4S. The van der Waals surface area contributed by atoms with Crippen molar-refractivity contribution in [3.8, 4) is 5.75 Å². The molecule has 5 rings (SSSR count). The first kappa shape index (κ1) is 24.9. The van der Waals surface area contributed by atoms with Crippen molar-refractivity contribution in [2.24, 2.45) is 0 Å². The van der Waals surface area contributed by atoms with Gasteiger partial charge < -0.3 is 14.5 Å². The number of H-pyrrole nitrogens is 1. The van der Waals surface area contributed by atoms with Crippen LogP contribution in [0.15, 0.2) is 79.3 Å². The number of rotatable bonds is 6. The summed E-state index contributed by atoms with van der Waals surface area (Å²) in [5.41, 5.74) is 2.48. The average molecular weight is 516 g/mol. The Hall–Kier alpha value is -3.78. The van der Waals surface area contributed by atoms with Crippen LogP contribution in [0.1, 0.15) is 47.6 Å². The molecule has 7 nitrogen and oxygen atoms in total. The predicted molar refractivity (Wildman–Crippen MR) is 145 cm³/mol. The fraction of sp³-hybridized carbons (Fsp3) is 0.276. The van der Waals surface area contributed by atoms with Gasteiger partial charge in [-0.25, -0.2) is 4.79 Å². The Morgan fingerprint density at radius 2 is 1.89 bits per heavy atom. The maximum Gasteiger partial charge on any atom is 0.412 e. The van der Waals surface area contributed by atoms with Crippen LogP contribution in [0.4, 0.5) is 4.79 Å². The second-order valence-corrected chi connectivity index (χ2v) is 11.0. The van der Waals surface area contributed by atoms with Gasteiger partial charge in [0.25, 0.3) is 0 Å². The number of para-hydroxylation sites is 1. The summed E-state index contributed by atoms with van der Waals surface area (Å²) in [5.74, 6) is 0.976. The van der Waals surface area contributed by atoms with Crippen LogP contribution < -0.4 is 4.74 Å². The van der Waals surface area contributed by atoms with Gasteiger partial charge in [-0.2, -0.15) is 0 Å². The van der Waals surface area contributed by atoms with Gasteiger partial charge in [-0.15, -0.1) is 11.8 Å². The highest BCUT2D eigenvalue weighted by atomic mass is 32.2. The molecule has 3 heterocycles. The molecule has 4 aromatic rings. The molecule has 0 bridgehead atoms. The number of ketones is 1. The maximum atomic E-state index is 13.9. The zero-order valence-corrected chi connectivity index (χ0v) is 21.8. The molecule has 2 atom stereocenters. The molecular weight excluding hydrogens is 486 g/mol. The first-order valence-corrected chi connectivity index (χ1v) is 13.2. The normalized spacial score (nSPS) is 17.6. The lowest BCUT2D eigenvalue weighted by atomic mass is 10.0. The van der Waals surface area contributed by atoms with Crippen molar-refractivity contribution in [3.63, 3.8) is 0 Å². The quantitative estimate of drug-likeness (QED) is 0.300. The van der Waals surface area contributed by atoms with Crippen LogP contribution in [-0.2, 0) is 11.3 Å². The molecule has 8 heteroatoms. The molecule has 0 aliphatic carbocycles. The van der Waals surface area contributed by atoms with Crippen LogP contribution in [0.25, 0.3) is 10.9 Å². The van der Waals surface area contributed by atoms with Gasteiger partial charge in [-0.1, -0.05) is 48.5 Å².